The summed E-state index contributed by atoms with van der Waals surface area (Å²) in [6, 6.07) is 8.66. The first-order chi connectivity index (χ1) is 11.1. The molecule has 0 aliphatic heterocycles. The molecule has 23 heavy (non-hydrogen) atoms. The number of benzene rings is 1. The third-order valence-electron chi connectivity index (χ3n) is 3.40. The normalized spacial score (nSPS) is 14.2. The first-order valence-corrected chi connectivity index (χ1v) is 8.63. The van der Waals surface area contributed by atoms with E-state index in [1.165, 1.54) is 12.4 Å². The summed E-state index contributed by atoms with van der Waals surface area (Å²) in [5.74, 6) is 0.405. The number of nitrogens with zero attached hydrogens (tertiary/aromatic N) is 3. The van der Waals surface area contributed by atoms with Crippen molar-refractivity contribution >= 4 is 15.8 Å². The SMILES string of the molecule is N#Cc1nccnc1NCc1ccc(S(=O)(=O)NC2CC2)cc1. The molecule has 0 unspecified atom stereocenters. The molecule has 2 N–H and O–H groups in total. The van der Waals surface area contributed by atoms with Crippen LogP contribution >= 0.6 is 0 Å². The molecule has 0 atom stereocenters. The lowest BCUT2D eigenvalue weighted by molar-refractivity contribution is 0.581. The van der Waals surface area contributed by atoms with Crippen molar-refractivity contribution in [1.82, 2.24) is 14.7 Å². The molecule has 1 aromatic heterocycles. The molecular weight excluding hydrogens is 314 g/mol. The average molecular weight is 329 g/mol. The van der Waals surface area contributed by atoms with Crippen LogP contribution in [0, 0.1) is 11.3 Å². The van der Waals surface area contributed by atoms with Gasteiger partial charge >= 0.3 is 0 Å². The highest BCUT2D eigenvalue weighted by Gasteiger charge is 2.27. The van der Waals surface area contributed by atoms with Gasteiger partial charge in [-0.1, -0.05) is 12.1 Å². The van der Waals surface area contributed by atoms with Crippen LogP contribution in [0.5, 0.6) is 0 Å². The van der Waals surface area contributed by atoms with Crippen LogP contribution in [0.3, 0.4) is 0 Å². The quantitative estimate of drug-likeness (QED) is 0.829. The second-order valence-electron chi connectivity index (χ2n) is 5.26. The van der Waals surface area contributed by atoms with Crippen molar-refractivity contribution in [2.75, 3.05) is 5.32 Å². The Kier molecular flexibility index (Phi) is 4.23. The fourth-order valence-corrected chi connectivity index (χ4v) is 3.32. The number of hydrogen-bond donors (Lipinski definition) is 2. The van der Waals surface area contributed by atoms with Gasteiger partial charge in [0, 0.05) is 25.0 Å². The molecule has 0 saturated heterocycles. The number of sulfonamides is 1. The molecule has 0 spiro atoms. The third kappa shape index (κ3) is 3.83. The summed E-state index contributed by atoms with van der Waals surface area (Å²) < 4.78 is 26.8. The molecule has 118 valence electrons. The van der Waals surface area contributed by atoms with Crippen LogP contribution in [0.1, 0.15) is 24.1 Å². The summed E-state index contributed by atoms with van der Waals surface area (Å²) in [7, 11) is -3.43. The van der Waals surface area contributed by atoms with Crippen molar-refractivity contribution in [2.24, 2.45) is 0 Å². The fraction of sp³-hybridized carbons (Fsp3) is 0.267. The largest absolute Gasteiger partial charge is 0.364 e. The van der Waals surface area contributed by atoms with Gasteiger partial charge in [0.05, 0.1) is 4.90 Å². The van der Waals surface area contributed by atoms with Crippen LogP contribution in [0.15, 0.2) is 41.6 Å². The van der Waals surface area contributed by atoms with Crippen molar-refractivity contribution < 1.29 is 8.42 Å². The minimum Gasteiger partial charge on any atom is -0.364 e. The van der Waals surface area contributed by atoms with Gasteiger partial charge in [-0.2, -0.15) is 5.26 Å². The molecule has 8 heteroatoms. The monoisotopic (exact) mass is 329 g/mol. The summed E-state index contributed by atoms with van der Waals surface area (Å²) in [6.45, 7) is 0.420. The Morgan fingerprint density at radius 1 is 1.17 bits per heavy atom. The van der Waals surface area contributed by atoms with E-state index in [-0.39, 0.29) is 16.6 Å². The number of nitrogens with one attached hydrogen (secondary N) is 2. The molecule has 7 nitrogen and oxygen atoms in total. The minimum atomic E-state index is -3.43. The molecule has 1 aliphatic carbocycles. The Morgan fingerprint density at radius 2 is 1.87 bits per heavy atom. The van der Waals surface area contributed by atoms with Crippen molar-refractivity contribution in [3.8, 4) is 6.07 Å². The standard InChI is InChI=1S/C15H15N5O2S/c16-9-14-15(18-8-7-17-14)19-10-11-1-5-13(6-2-11)23(21,22)20-12-3-4-12/h1-2,5-8,12,20H,3-4,10H2,(H,18,19). The minimum absolute atomic E-state index is 0.0856. The highest BCUT2D eigenvalue weighted by molar-refractivity contribution is 7.89. The van der Waals surface area contributed by atoms with Crippen molar-refractivity contribution in [2.45, 2.75) is 30.3 Å². The zero-order valence-corrected chi connectivity index (χ0v) is 13.0. The maximum Gasteiger partial charge on any atom is 0.240 e. The second-order valence-corrected chi connectivity index (χ2v) is 6.97. The summed E-state index contributed by atoms with van der Waals surface area (Å²) in [4.78, 5) is 8.23. The zero-order valence-electron chi connectivity index (χ0n) is 12.2. The Balaban J connectivity index is 1.67. The number of rotatable bonds is 6. The van der Waals surface area contributed by atoms with Gasteiger partial charge in [0.2, 0.25) is 10.0 Å². The van der Waals surface area contributed by atoms with Crippen LogP contribution in [-0.4, -0.2) is 24.4 Å². The highest BCUT2D eigenvalue weighted by atomic mass is 32.2. The van der Waals surface area contributed by atoms with Crippen molar-refractivity contribution in [3.63, 3.8) is 0 Å². The van der Waals surface area contributed by atoms with Gasteiger partial charge in [-0.15, -0.1) is 0 Å². The summed E-state index contributed by atoms with van der Waals surface area (Å²) >= 11 is 0. The molecule has 0 radical (unpaired) electrons. The Labute approximate surface area is 134 Å². The van der Waals surface area contributed by atoms with E-state index in [4.69, 9.17) is 5.26 Å². The van der Waals surface area contributed by atoms with Gasteiger partial charge in [0.15, 0.2) is 11.5 Å². The summed E-state index contributed by atoms with van der Waals surface area (Å²) in [5.41, 5.74) is 1.10. The molecule has 0 bridgehead atoms. The first kappa shape index (κ1) is 15.4. The number of aromatic nitrogens is 2. The average Bonchev–Trinajstić information content (AvgIpc) is 3.37. The number of anilines is 1. The molecule has 1 fully saturated rings. The van der Waals surface area contributed by atoms with Crippen LogP contribution in [0.4, 0.5) is 5.82 Å². The lowest BCUT2D eigenvalue weighted by Gasteiger charge is -2.08. The van der Waals surface area contributed by atoms with Crippen LogP contribution in [0.25, 0.3) is 0 Å². The van der Waals surface area contributed by atoms with Crippen LogP contribution in [0.2, 0.25) is 0 Å². The van der Waals surface area contributed by atoms with Gasteiger partial charge in [-0.05, 0) is 30.5 Å². The molecule has 2 aromatic rings. The van der Waals surface area contributed by atoms with Crippen molar-refractivity contribution in [1.29, 1.82) is 5.26 Å². The smallest absolute Gasteiger partial charge is 0.240 e. The second kappa shape index (κ2) is 6.32. The van der Waals surface area contributed by atoms with E-state index in [0.717, 1.165) is 18.4 Å². The van der Waals surface area contributed by atoms with Gasteiger partial charge in [-0.3, -0.25) is 0 Å². The molecule has 3 rings (SSSR count). The van der Waals surface area contributed by atoms with E-state index in [1.54, 1.807) is 24.3 Å². The molecule has 1 saturated carbocycles. The first-order valence-electron chi connectivity index (χ1n) is 7.15. The van der Waals surface area contributed by atoms with Crippen LogP contribution in [-0.2, 0) is 16.6 Å². The van der Waals surface area contributed by atoms with E-state index in [9.17, 15) is 8.42 Å². The van der Waals surface area contributed by atoms with E-state index < -0.39 is 10.0 Å². The third-order valence-corrected chi connectivity index (χ3v) is 4.93. The molecule has 1 aliphatic rings. The molecule has 1 aromatic carbocycles. The fourth-order valence-electron chi connectivity index (χ4n) is 2.01. The van der Waals surface area contributed by atoms with Crippen molar-refractivity contribution in [3.05, 3.63) is 47.9 Å². The van der Waals surface area contributed by atoms with E-state index >= 15 is 0 Å². The lowest BCUT2D eigenvalue weighted by Crippen LogP contribution is -2.25. The maximum absolute atomic E-state index is 12.1. The topological polar surface area (TPSA) is 108 Å². The van der Waals surface area contributed by atoms with E-state index in [2.05, 4.69) is 20.0 Å². The van der Waals surface area contributed by atoms with Crippen LogP contribution < -0.4 is 10.0 Å². The van der Waals surface area contributed by atoms with E-state index in [0.29, 0.717) is 12.4 Å². The number of hydrogen-bond acceptors (Lipinski definition) is 6. The molecule has 1 heterocycles. The Morgan fingerprint density at radius 3 is 2.52 bits per heavy atom. The predicted octanol–water partition coefficient (Wildman–Crippen LogP) is 1.40. The summed E-state index contributed by atoms with van der Waals surface area (Å²) in [6.07, 6.45) is 4.76. The predicted molar refractivity (Wildman–Crippen MR) is 83.9 cm³/mol. The van der Waals surface area contributed by atoms with Gasteiger partial charge in [0.1, 0.15) is 6.07 Å². The van der Waals surface area contributed by atoms with Gasteiger partial charge in [-0.25, -0.2) is 23.1 Å². The van der Waals surface area contributed by atoms with Gasteiger partial charge in [0.25, 0.3) is 0 Å². The maximum atomic E-state index is 12.1. The molecule has 0 amide bonds. The summed E-state index contributed by atoms with van der Waals surface area (Å²) in [5, 5.41) is 12.0. The van der Waals surface area contributed by atoms with E-state index in [1.807, 2.05) is 6.07 Å². The number of nitriles is 1. The highest BCUT2D eigenvalue weighted by Crippen LogP contribution is 2.22. The molecular formula is C15H15N5O2S. The Hall–Kier alpha value is -2.50. The Bertz CT molecular complexity index is 839. The van der Waals surface area contributed by atoms with Gasteiger partial charge < -0.3 is 5.32 Å². The zero-order chi connectivity index (χ0) is 16.3. The lowest BCUT2D eigenvalue weighted by atomic mass is 10.2.